The van der Waals surface area contributed by atoms with E-state index in [0.717, 1.165) is 0 Å². The Morgan fingerprint density at radius 1 is 1.55 bits per heavy atom. The molecule has 0 aromatic heterocycles. The van der Waals surface area contributed by atoms with E-state index in [4.69, 9.17) is 0 Å². The molecule has 0 aliphatic rings. The molecular formula is C6H13NO3S. The average Bonchev–Trinajstić information content (AvgIpc) is 1.83. The van der Waals surface area contributed by atoms with Crippen LogP contribution in [0.3, 0.4) is 0 Å². The molecule has 66 valence electrons. The highest BCUT2D eigenvalue weighted by atomic mass is 32.2. The largest absolute Gasteiger partial charge is 0.274 e. The summed E-state index contributed by atoms with van der Waals surface area (Å²) in [6.45, 7) is 4.50. The minimum Gasteiger partial charge on any atom is -0.274 e. The Morgan fingerprint density at radius 2 is 2.00 bits per heavy atom. The number of sulfonamides is 1. The summed E-state index contributed by atoms with van der Waals surface area (Å²) in [4.78, 5) is 10.4. The van der Waals surface area contributed by atoms with Crippen LogP contribution in [0.1, 0.15) is 27.2 Å². The summed E-state index contributed by atoms with van der Waals surface area (Å²) in [7, 11) is -3.41. The molecule has 1 atom stereocenters. The van der Waals surface area contributed by atoms with Crippen molar-refractivity contribution in [1.29, 1.82) is 0 Å². The van der Waals surface area contributed by atoms with E-state index >= 15 is 0 Å². The zero-order chi connectivity index (χ0) is 9.07. The molecule has 0 spiro atoms. The SMILES string of the molecule is CCC(C)S(=O)(=O)NC(C)=O. The highest BCUT2D eigenvalue weighted by molar-refractivity contribution is 7.90. The molecule has 1 amide bonds. The summed E-state index contributed by atoms with van der Waals surface area (Å²) in [5.74, 6) is -0.537. The minimum absolute atomic E-state index is 0.503. The van der Waals surface area contributed by atoms with E-state index < -0.39 is 21.2 Å². The third-order valence-electron chi connectivity index (χ3n) is 1.39. The topological polar surface area (TPSA) is 63.2 Å². The van der Waals surface area contributed by atoms with Gasteiger partial charge < -0.3 is 0 Å². The van der Waals surface area contributed by atoms with Gasteiger partial charge in [-0.05, 0) is 13.3 Å². The molecule has 0 saturated carbocycles. The molecule has 4 nitrogen and oxygen atoms in total. The molecule has 1 N–H and O–H groups in total. The highest BCUT2D eigenvalue weighted by Crippen LogP contribution is 2.01. The number of rotatable bonds is 3. The van der Waals surface area contributed by atoms with Crippen LogP contribution in [-0.2, 0) is 14.8 Å². The zero-order valence-corrected chi connectivity index (χ0v) is 7.73. The third-order valence-corrected chi connectivity index (χ3v) is 3.36. The van der Waals surface area contributed by atoms with Crippen molar-refractivity contribution in [3.8, 4) is 0 Å². The van der Waals surface area contributed by atoms with Crippen LogP contribution in [0.4, 0.5) is 0 Å². The third kappa shape index (κ3) is 3.36. The van der Waals surface area contributed by atoms with Gasteiger partial charge in [-0.15, -0.1) is 0 Å². The van der Waals surface area contributed by atoms with Gasteiger partial charge in [-0.2, -0.15) is 0 Å². The number of carbonyl (C=O) groups is 1. The van der Waals surface area contributed by atoms with Crippen LogP contribution in [0.25, 0.3) is 0 Å². The molecule has 0 saturated heterocycles. The summed E-state index contributed by atoms with van der Waals surface area (Å²) >= 11 is 0. The van der Waals surface area contributed by atoms with Gasteiger partial charge in [-0.3, -0.25) is 9.52 Å². The summed E-state index contributed by atoms with van der Waals surface area (Å²) in [5.41, 5.74) is 0. The average molecular weight is 179 g/mol. The molecule has 0 aliphatic heterocycles. The van der Waals surface area contributed by atoms with Gasteiger partial charge in [-0.25, -0.2) is 8.42 Å². The van der Waals surface area contributed by atoms with Crippen LogP contribution in [0.5, 0.6) is 0 Å². The van der Waals surface area contributed by atoms with Crippen molar-refractivity contribution in [2.24, 2.45) is 0 Å². The Kier molecular flexibility index (Phi) is 3.51. The highest BCUT2D eigenvalue weighted by Gasteiger charge is 2.18. The van der Waals surface area contributed by atoms with E-state index in [1.54, 1.807) is 13.8 Å². The van der Waals surface area contributed by atoms with Crippen molar-refractivity contribution in [2.75, 3.05) is 0 Å². The molecule has 11 heavy (non-hydrogen) atoms. The Bertz CT molecular complexity index is 232. The second-order valence-corrected chi connectivity index (χ2v) is 4.52. The Labute approximate surface area is 67.0 Å². The molecular weight excluding hydrogens is 166 g/mol. The fourth-order valence-electron chi connectivity index (χ4n) is 0.520. The van der Waals surface area contributed by atoms with Gasteiger partial charge in [0.05, 0.1) is 5.25 Å². The summed E-state index contributed by atoms with van der Waals surface area (Å²) in [6, 6.07) is 0. The van der Waals surface area contributed by atoms with Crippen LogP contribution in [0.15, 0.2) is 0 Å². The second kappa shape index (κ2) is 3.71. The molecule has 0 aliphatic carbocycles. The molecule has 0 bridgehead atoms. The van der Waals surface area contributed by atoms with Gasteiger partial charge in [0.15, 0.2) is 0 Å². The van der Waals surface area contributed by atoms with Gasteiger partial charge in [0.2, 0.25) is 15.9 Å². The van der Waals surface area contributed by atoms with E-state index in [1.807, 2.05) is 4.72 Å². The summed E-state index contributed by atoms with van der Waals surface area (Å²) < 4.78 is 24.0. The van der Waals surface area contributed by atoms with Crippen molar-refractivity contribution < 1.29 is 13.2 Å². The molecule has 0 fully saturated rings. The lowest BCUT2D eigenvalue weighted by molar-refractivity contribution is -0.117. The Balaban J connectivity index is 4.35. The van der Waals surface area contributed by atoms with Gasteiger partial charge >= 0.3 is 0 Å². The van der Waals surface area contributed by atoms with Gasteiger partial charge in [0.1, 0.15) is 0 Å². The zero-order valence-electron chi connectivity index (χ0n) is 6.92. The lowest BCUT2D eigenvalue weighted by atomic mass is 10.4. The molecule has 0 rings (SSSR count). The molecule has 1 unspecified atom stereocenters. The predicted octanol–water partition coefficient (Wildman–Crippen LogP) is 0.251. The number of nitrogens with one attached hydrogen (secondary N) is 1. The number of hydrogen-bond acceptors (Lipinski definition) is 3. The summed E-state index contributed by atoms with van der Waals surface area (Å²) in [6.07, 6.45) is 0.503. The number of hydrogen-bond donors (Lipinski definition) is 1. The van der Waals surface area contributed by atoms with Crippen molar-refractivity contribution in [3.63, 3.8) is 0 Å². The van der Waals surface area contributed by atoms with Crippen LogP contribution < -0.4 is 4.72 Å². The maximum atomic E-state index is 11.0. The standard InChI is InChI=1S/C6H13NO3S/c1-4-5(2)11(9,10)7-6(3)8/h5H,4H2,1-3H3,(H,7,8). The normalized spacial score (nSPS) is 14.1. The van der Waals surface area contributed by atoms with Crippen LogP contribution >= 0.6 is 0 Å². The van der Waals surface area contributed by atoms with E-state index in [1.165, 1.54) is 6.92 Å². The first-order valence-corrected chi connectivity index (χ1v) is 4.97. The van der Waals surface area contributed by atoms with E-state index in [2.05, 4.69) is 0 Å². The Hall–Kier alpha value is -0.580. The number of amides is 1. The molecule has 0 heterocycles. The minimum atomic E-state index is -3.41. The first-order chi connectivity index (χ1) is 4.90. The molecule has 5 heteroatoms. The monoisotopic (exact) mass is 179 g/mol. The molecule has 0 aromatic rings. The predicted molar refractivity (Wildman–Crippen MR) is 42.5 cm³/mol. The maximum absolute atomic E-state index is 11.0. The van der Waals surface area contributed by atoms with E-state index in [-0.39, 0.29) is 0 Å². The van der Waals surface area contributed by atoms with Gasteiger partial charge in [-0.1, -0.05) is 6.92 Å². The van der Waals surface area contributed by atoms with E-state index in [9.17, 15) is 13.2 Å². The van der Waals surface area contributed by atoms with Crippen molar-refractivity contribution in [3.05, 3.63) is 0 Å². The molecule has 0 radical (unpaired) electrons. The quantitative estimate of drug-likeness (QED) is 0.675. The number of carbonyl (C=O) groups excluding carboxylic acids is 1. The van der Waals surface area contributed by atoms with Crippen molar-refractivity contribution in [1.82, 2.24) is 4.72 Å². The lowest BCUT2D eigenvalue weighted by Crippen LogP contribution is -2.35. The van der Waals surface area contributed by atoms with E-state index in [0.29, 0.717) is 6.42 Å². The van der Waals surface area contributed by atoms with Crippen LogP contribution in [0.2, 0.25) is 0 Å². The van der Waals surface area contributed by atoms with Gasteiger partial charge in [0, 0.05) is 6.92 Å². The lowest BCUT2D eigenvalue weighted by Gasteiger charge is -2.09. The van der Waals surface area contributed by atoms with Gasteiger partial charge in [0.25, 0.3) is 0 Å². The van der Waals surface area contributed by atoms with Crippen LogP contribution in [0, 0.1) is 0 Å². The van der Waals surface area contributed by atoms with Crippen LogP contribution in [-0.4, -0.2) is 19.6 Å². The maximum Gasteiger partial charge on any atom is 0.237 e. The second-order valence-electron chi connectivity index (χ2n) is 2.42. The van der Waals surface area contributed by atoms with Crippen molar-refractivity contribution in [2.45, 2.75) is 32.4 Å². The fourth-order valence-corrected chi connectivity index (χ4v) is 1.56. The Morgan fingerprint density at radius 3 is 2.27 bits per heavy atom. The first-order valence-electron chi connectivity index (χ1n) is 3.42. The first kappa shape index (κ1) is 10.4. The molecule has 0 aromatic carbocycles. The summed E-state index contributed by atoms with van der Waals surface area (Å²) in [5, 5.41) is -0.508. The fraction of sp³-hybridized carbons (Fsp3) is 0.833. The smallest absolute Gasteiger partial charge is 0.237 e. The van der Waals surface area contributed by atoms with Crippen molar-refractivity contribution >= 4 is 15.9 Å².